The average Bonchev–Trinajstić information content (AvgIpc) is 3.15. The molecule has 1 aliphatic rings. The summed E-state index contributed by atoms with van der Waals surface area (Å²) in [5.41, 5.74) is 3.67. The SMILES string of the molecule is CSc1ccccc1NC(=O)CSc1nnc(COc2ccc3c(c2)CCCC3)n1C. The lowest BCUT2D eigenvalue weighted by molar-refractivity contribution is -0.113. The topological polar surface area (TPSA) is 69.0 Å². The summed E-state index contributed by atoms with van der Waals surface area (Å²) < 4.78 is 7.85. The lowest BCUT2D eigenvalue weighted by Crippen LogP contribution is -2.15. The summed E-state index contributed by atoms with van der Waals surface area (Å²) in [6, 6.07) is 14.1. The molecule has 0 saturated carbocycles. The van der Waals surface area contributed by atoms with Crippen molar-refractivity contribution in [3.63, 3.8) is 0 Å². The van der Waals surface area contributed by atoms with Crippen LogP contribution >= 0.6 is 23.5 Å². The molecule has 0 radical (unpaired) electrons. The standard InChI is InChI=1S/C23H26N4O2S2/c1-27-21(14-29-18-12-11-16-7-3-4-8-17(16)13-18)25-26-23(27)31-15-22(28)24-19-9-5-6-10-20(19)30-2/h5-6,9-13H,3-4,7-8,14-15H2,1-2H3,(H,24,28). The number of hydrogen-bond donors (Lipinski definition) is 1. The van der Waals surface area contributed by atoms with Crippen LogP contribution in [0, 0.1) is 0 Å². The molecule has 31 heavy (non-hydrogen) atoms. The molecular formula is C23H26N4O2S2. The zero-order valence-corrected chi connectivity index (χ0v) is 19.4. The molecule has 0 aliphatic heterocycles. The minimum atomic E-state index is -0.0682. The Balaban J connectivity index is 1.31. The number of nitrogens with zero attached hydrogens (tertiary/aromatic N) is 3. The normalized spacial score (nSPS) is 13.0. The Kier molecular flexibility index (Phi) is 7.19. The van der Waals surface area contributed by atoms with Crippen LogP contribution in [-0.4, -0.2) is 32.7 Å². The van der Waals surface area contributed by atoms with Gasteiger partial charge in [0.25, 0.3) is 0 Å². The monoisotopic (exact) mass is 454 g/mol. The summed E-state index contributed by atoms with van der Waals surface area (Å²) >= 11 is 2.97. The highest BCUT2D eigenvalue weighted by Gasteiger charge is 2.14. The van der Waals surface area contributed by atoms with E-state index in [1.54, 1.807) is 11.8 Å². The molecule has 2 aromatic carbocycles. The number of amides is 1. The molecule has 0 spiro atoms. The summed E-state index contributed by atoms with van der Waals surface area (Å²) in [6.07, 6.45) is 6.80. The van der Waals surface area contributed by atoms with Crippen LogP contribution in [-0.2, 0) is 31.3 Å². The van der Waals surface area contributed by atoms with E-state index >= 15 is 0 Å². The van der Waals surface area contributed by atoms with Crippen molar-refractivity contribution in [3.05, 3.63) is 59.4 Å². The molecule has 1 N–H and O–H groups in total. The molecule has 6 nitrogen and oxygen atoms in total. The van der Waals surface area contributed by atoms with Gasteiger partial charge < -0.3 is 14.6 Å². The molecular weight excluding hydrogens is 428 g/mol. The van der Waals surface area contributed by atoms with Crippen LogP contribution in [0.5, 0.6) is 5.75 Å². The number of thioether (sulfide) groups is 2. The number of nitrogens with one attached hydrogen (secondary N) is 1. The van der Waals surface area contributed by atoms with Gasteiger partial charge in [-0.2, -0.15) is 0 Å². The Morgan fingerprint density at radius 3 is 2.77 bits per heavy atom. The number of benzene rings is 2. The third kappa shape index (κ3) is 5.43. The van der Waals surface area contributed by atoms with Gasteiger partial charge in [0.05, 0.1) is 11.4 Å². The Hall–Kier alpha value is -2.45. The van der Waals surface area contributed by atoms with E-state index in [2.05, 4.69) is 27.6 Å². The van der Waals surface area contributed by atoms with Crippen LogP contribution in [0.2, 0.25) is 0 Å². The van der Waals surface area contributed by atoms with E-state index in [1.165, 1.54) is 35.7 Å². The van der Waals surface area contributed by atoms with Crippen molar-refractivity contribution >= 4 is 35.1 Å². The fourth-order valence-corrected chi connectivity index (χ4v) is 4.89. The van der Waals surface area contributed by atoms with Crippen molar-refractivity contribution in [2.45, 2.75) is 42.3 Å². The molecule has 162 valence electrons. The number of para-hydroxylation sites is 1. The van der Waals surface area contributed by atoms with Crippen LogP contribution in [0.4, 0.5) is 5.69 Å². The molecule has 1 heterocycles. The molecule has 4 rings (SSSR count). The second-order valence-corrected chi connectivity index (χ2v) is 9.21. The Labute approximate surface area is 191 Å². The summed E-state index contributed by atoms with van der Waals surface area (Å²) in [7, 11) is 1.90. The molecule has 3 aromatic rings. The fraction of sp³-hybridized carbons (Fsp3) is 0.348. The number of carbonyl (C=O) groups is 1. The van der Waals surface area contributed by atoms with Gasteiger partial charge in [0.15, 0.2) is 11.0 Å². The van der Waals surface area contributed by atoms with Gasteiger partial charge >= 0.3 is 0 Å². The van der Waals surface area contributed by atoms with Gasteiger partial charge in [-0.1, -0.05) is 30.0 Å². The number of carbonyl (C=O) groups excluding carboxylic acids is 1. The lowest BCUT2D eigenvalue weighted by atomic mass is 9.92. The summed E-state index contributed by atoms with van der Waals surface area (Å²) in [5.74, 6) is 1.79. The highest BCUT2D eigenvalue weighted by atomic mass is 32.2. The molecule has 0 saturated heterocycles. The van der Waals surface area contributed by atoms with Crippen LogP contribution in [0.3, 0.4) is 0 Å². The van der Waals surface area contributed by atoms with E-state index in [9.17, 15) is 4.79 Å². The first kappa shape index (κ1) is 21.8. The quantitative estimate of drug-likeness (QED) is 0.497. The van der Waals surface area contributed by atoms with Crippen molar-refractivity contribution < 1.29 is 9.53 Å². The number of aryl methyl sites for hydroxylation is 2. The van der Waals surface area contributed by atoms with Gasteiger partial charge in [-0.25, -0.2) is 0 Å². The maximum atomic E-state index is 12.4. The number of ether oxygens (including phenoxy) is 1. The van der Waals surface area contributed by atoms with Crippen molar-refractivity contribution in [2.24, 2.45) is 7.05 Å². The van der Waals surface area contributed by atoms with E-state index in [1.807, 2.05) is 48.2 Å². The second-order valence-electron chi connectivity index (χ2n) is 7.42. The first-order chi connectivity index (χ1) is 15.1. The molecule has 0 bridgehead atoms. The number of rotatable bonds is 8. The molecule has 1 aliphatic carbocycles. The van der Waals surface area contributed by atoms with Crippen LogP contribution in [0.15, 0.2) is 52.5 Å². The minimum Gasteiger partial charge on any atom is -0.486 e. The Morgan fingerprint density at radius 1 is 1.13 bits per heavy atom. The van der Waals surface area contributed by atoms with Crippen molar-refractivity contribution in [1.29, 1.82) is 0 Å². The third-order valence-corrected chi connectivity index (χ3v) is 7.14. The number of hydrogen-bond acceptors (Lipinski definition) is 6. The molecule has 8 heteroatoms. The van der Waals surface area contributed by atoms with E-state index in [-0.39, 0.29) is 11.7 Å². The smallest absolute Gasteiger partial charge is 0.234 e. The summed E-state index contributed by atoms with van der Waals surface area (Å²) in [6.45, 7) is 0.343. The molecule has 0 fully saturated rings. The largest absolute Gasteiger partial charge is 0.486 e. The lowest BCUT2D eigenvalue weighted by Gasteiger charge is -2.16. The molecule has 1 amide bonds. The minimum absolute atomic E-state index is 0.0682. The Morgan fingerprint density at radius 2 is 1.94 bits per heavy atom. The fourth-order valence-electron chi connectivity index (χ4n) is 3.61. The zero-order chi connectivity index (χ0) is 21.6. The van der Waals surface area contributed by atoms with Crippen LogP contribution < -0.4 is 10.1 Å². The van der Waals surface area contributed by atoms with E-state index in [4.69, 9.17) is 4.74 Å². The van der Waals surface area contributed by atoms with E-state index in [0.717, 1.165) is 35.0 Å². The number of anilines is 1. The van der Waals surface area contributed by atoms with Crippen molar-refractivity contribution in [3.8, 4) is 5.75 Å². The van der Waals surface area contributed by atoms with E-state index < -0.39 is 0 Å². The van der Waals surface area contributed by atoms with Gasteiger partial charge in [-0.15, -0.1) is 22.0 Å². The van der Waals surface area contributed by atoms with Gasteiger partial charge in [-0.05, 0) is 67.3 Å². The zero-order valence-electron chi connectivity index (χ0n) is 17.8. The van der Waals surface area contributed by atoms with Crippen LogP contribution in [0.1, 0.15) is 29.8 Å². The Bertz CT molecular complexity index is 1070. The van der Waals surface area contributed by atoms with Crippen molar-refractivity contribution in [1.82, 2.24) is 14.8 Å². The number of aromatic nitrogens is 3. The molecule has 0 atom stereocenters. The van der Waals surface area contributed by atoms with Crippen molar-refractivity contribution in [2.75, 3.05) is 17.3 Å². The first-order valence-corrected chi connectivity index (χ1v) is 12.5. The number of fused-ring (bicyclic) bond motifs is 1. The van der Waals surface area contributed by atoms with E-state index in [0.29, 0.717) is 11.8 Å². The maximum absolute atomic E-state index is 12.4. The average molecular weight is 455 g/mol. The highest BCUT2D eigenvalue weighted by molar-refractivity contribution is 7.99. The third-order valence-electron chi connectivity index (χ3n) is 5.33. The van der Waals surface area contributed by atoms with Crippen LogP contribution in [0.25, 0.3) is 0 Å². The predicted octanol–water partition coefficient (Wildman–Crippen LogP) is 4.73. The van der Waals surface area contributed by atoms with Gasteiger partial charge in [0, 0.05) is 11.9 Å². The predicted molar refractivity (Wildman–Crippen MR) is 126 cm³/mol. The summed E-state index contributed by atoms with van der Waals surface area (Å²) in [5, 5.41) is 12.1. The first-order valence-electron chi connectivity index (χ1n) is 10.3. The van der Waals surface area contributed by atoms with Gasteiger partial charge in [0.2, 0.25) is 5.91 Å². The highest BCUT2D eigenvalue weighted by Crippen LogP contribution is 2.27. The van der Waals surface area contributed by atoms with Gasteiger partial charge in [0.1, 0.15) is 12.4 Å². The van der Waals surface area contributed by atoms with Gasteiger partial charge in [-0.3, -0.25) is 4.79 Å². The molecule has 1 aromatic heterocycles. The second kappa shape index (κ2) is 10.2. The molecule has 0 unspecified atom stereocenters. The summed E-state index contributed by atoms with van der Waals surface area (Å²) in [4.78, 5) is 13.4. The maximum Gasteiger partial charge on any atom is 0.234 e.